The lowest BCUT2D eigenvalue weighted by Gasteiger charge is -2.35. The second-order valence-corrected chi connectivity index (χ2v) is 5.38. The van der Waals surface area contributed by atoms with Crippen LogP contribution in [0.5, 0.6) is 0 Å². The zero-order valence-corrected chi connectivity index (χ0v) is 10.8. The zero-order chi connectivity index (χ0) is 13.2. The van der Waals surface area contributed by atoms with Crippen molar-refractivity contribution in [3.8, 4) is 0 Å². The van der Waals surface area contributed by atoms with E-state index in [0.717, 1.165) is 25.6 Å². The van der Waals surface area contributed by atoms with Crippen molar-refractivity contribution in [3.63, 3.8) is 0 Å². The number of hydrogen-bond acceptors (Lipinski definition) is 3. The van der Waals surface area contributed by atoms with Crippen LogP contribution in [0, 0.1) is 5.82 Å². The van der Waals surface area contributed by atoms with Crippen molar-refractivity contribution in [2.24, 2.45) is 0 Å². The van der Waals surface area contributed by atoms with Crippen molar-refractivity contribution < 1.29 is 9.18 Å². The Bertz CT molecular complexity index is 480. The van der Waals surface area contributed by atoms with E-state index in [0.29, 0.717) is 6.04 Å². The Morgan fingerprint density at radius 1 is 1.42 bits per heavy atom. The molecule has 5 heteroatoms. The molecular formula is C14H18FN3O. The number of fused-ring (bicyclic) bond motifs is 1. The molecule has 0 aromatic carbocycles. The Hall–Kier alpha value is -1.49. The Kier molecular flexibility index (Phi) is 3.46. The maximum Gasteiger partial charge on any atom is 0.254 e. The fourth-order valence-electron chi connectivity index (χ4n) is 3.18. The predicted octanol–water partition coefficient (Wildman–Crippen LogP) is 1.58. The van der Waals surface area contributed by atoms with Crippen LogP contribution in [-0.4, -0.2) is 41.0 Å². The summed E-state index contributed by atoms with van der Waals surface area (Å²) in [7, 11) is 0. The molecule has 0 spiro atoms. The van der Waals surface area contributed by atoms with Gasteiger partial charge in [0.25, 0.3) is 5.91 Å². The molecule has 2 aliphatic rings. The van der Waals surface area contributed by atoms with Crippen LogP contribution in [0.15, 0.2) is 18.5 Å². The normalized spacial score (nSPS) is 27.0. The maximum absolute atomic E-state index is 13.5. The molecule has 1 aromatic heterocycles. The summed E-state index contributed by atoms with van der Waals surface area (Å²) in [6.07, 6.45) is 6.93. The number of rotatable bonds is 2. The van der Waals surface area contributed by atoms with Gasteiger partial charge in [-0.15, -0.1) is 0 Å². The number of pyridine rings is 1. The van der Waals surface area contributed by atoms with E-state index in [2.05, 4.69) is 15.2 Å². The molecule has 0 aliphatic carbocycles. The summed E-state index contributed by atoms with van der Waals surface area (Å²) in [5.41, 5.74) is 0.0869. The van der Waals surface area contributed by atoms with Gasteiger partial charge >= 0.3 is 0 Å². The van der Waals surface area contributed by atoms with E-state index >= 15 is 0 Å². The van der Waals surface area contributed by atoms with Crippen molar-refractivity contribution in [2.45, 2.75) is 37.8 Å². The molecule has 2 atom stereocenters. The average Bonchev–Trinajstić information content (AvgIpc) is 2.86. The van der Waals surface area contributed by atoms with Crippen molar-refractivity contribution in [1.82, 2.24) is 15.2 Å². The fraction of sp³-hybridized carbons (Fsp3) is 0.571. The molecule has 2 saturated heterocycles. The van der Waals surface area contributed by atoms with E-state index in [9.17, 15) is 9.18 Å². The average molecular weight is 263 g/mol. The highest BCUT2D eigenvalue weighted by molar-refractivity contribution is 5.94. The third-order valence-corrected chi connectivity index (χ3v) is 4.17. The first-order valence-electron chi connectivity index (χ1n) is 6.88. The van der Waals surface area contributed by atoms with E-state index in [-0.39, 0.29) is 17.5 Å². The van der Waals surface area contributed by atoms with E-state index in [1.54, 1.807) is 0 Å². The van der Waals surface area contributed by atoms with Gasteiger partial charge < -0.3 is 10.2 Å². The molecule has 0 saturated carbocycles. The lowest BCUT2D eigenvalue weighted by atomic mass is 9.97. The first-order valence-corrected chi connectivity index (χ1v) is 6.88. The van der Waals surface area contributed by atoms with Gasteiger partial charge in [-0.3, -0.25) is 9.78 Å². The quantitative estimate of drug-likeness (QED) is 0.881. The van der Waals surface area contributed by atoms with Crippen molar-refractivity contribution in [3.05, 3.63) is 29.8 Å². The Labute approximate surface area is 112 Å². The van der Waals surface area contributed by atoms with Crippen LogP contribution in [0.4, 0.5) is 4.39 Å². The number of carbonyl (C=O) groups excluding carboxylic acids is 1. The monoisotopic (exact) mass is 263 g/mol. The highest BCUT2D eigenvalue weighted by Crippen LogP contribution is 2.26. The van der Waals surface area contributed by atoms with Gasteiger partial charge in [0.2, 0.25) is 0 Å². The Balaban J connectivity index is 1.62. The highest BCUT2D eigenvalue weighted by Gasteiger charge is 2.32. The molecule has 1 N–H and O–H groups in total. The third kappa shape index (κ3) is 2.61. The first kappa shape index (κ1) is 12.5. The van der Waals surface area contributed by atoms with E-state index in [1.807, 2.05) is 0 Å². The van der Waals surface area contributed by atoms with Crippen LogP contribution >= 0.6 is 0 Å². The van der Waals surface area contributed by atoms with Gasteiger partial charge in [-0.2, -0.15) is 0 Å². The van der Waals surface area contributed by atoms with Crippen molar-refractivity contribution >= 4 is 5.91 Å². The van der Waals surface area contributed by atoms with Crippen molar-refractivity contribution in [1.29, 1.82) is 0 Å². The molecule has 102 valence electrons. The number of halogens is 1. The van der Waals surface area contributed by atoms with E-state index in [4.69, 9.17) is 0 Å². The fourth-order valence-corrected chi connectivity index (χ4v) is 3.18. The maximum atomic E-state index is 13.5. The Morgan fingerprint density at radius 3 is 3.16 bits per heavy atom. The lowest BCUT2D eigenvalue weighted by Crippen LogP contribution is -2.47. The summed E-state index contributed by atoms with van der Waals surface area (Å²) >= 11 is 0. The molecule has 0 radical (unpaired) electrons. The SMILES string of the molecule is O=C(NC1CCN2CCCC2C1)c1ccncc1F. The molecule has 2 aliphatic heterocycles. The second-order valence-electron chi connectivity index (χ2n) is 5.38. The van der Waals surface area contributed by atoms with Gasteiger partial charge in [0.15, 0.2) is 5.82 Å². The van der Waals surface area contributed by atoms with E-state index < -0.39 is 5.82 Å². The van der Waals surface area contributed by atoms with Gasteiger partial charge in [0, 0.05) is 24.8 Å². The number of amides is 1. The number of hydrogen-bond donors (Lipinski definition) is 1. The molecule has 2 unspecified atom stereocenters. The molecule has 1 amide bonds. The summed E-state index contributed by atoms with van der Waals surface area (Å²) < 4.78 is 13.5. The van der Waals surface area contributed by atoms with Crippen LogP contribution in [0.3, 0.4) is 0 Å². The number of piperidine rings is 1. The molecule has 0 bridgehead atoms. The minimum atomic E-state index is -0.557. The summed E-state index contributed by atoms with van der Waals surface area (Å²) in [5.74, 6) is -0.880. The molecule has 19 heavy (non-hydrogen) atoms. The van der Waals surface area contributed by atoms with Gasteiger partial charge in [0.05, 0.1) is 11.8 Å². The van der Waals surface area contributed by atoms with Gasteiger partial charge in [0.1, 0.15) is 0 Å². The molecule has 4 nitrogen and oxygen atoms in total. The van der Waals surface area contributed by atoms with Gasteiger partial charge in [-0.25, -0.2) is 4.39 Å². The Morgan fingerprint density at radius 2 is 2.32 bits per heavy atom. The van der Waals surface area contributed by atoms with Gasteiger partial charge in [-0.1, -0.05) is 0 Å². The van der Waals surface area contributed by atoms with Crippen LogP contribution in [0.1, 0.15) is 36.0 Å². The van der Waals surface area contributed by atoms with Crippen molar-refractivity contribution in [2.75, 3.05) is 13.1 Å². The smallest absolute Gasteiger partial charge is 0.254 e. The second kappa shape index (κ2) is 5.25. The molecule has 3 rings (SSSR count). The minimum Gasteiger partial charge on any atom is -0.349 e. The third-order valence-electron chi connectivity index (χ3n) is 4.17. The highest BCUT2D eigenvalue weighted by atomic mass is 19.1. The number of carbonyl (C=O) groups is 1. The lowest BCUT2D eigenvalue weighted by molar-refractivity contribution is 0.0892. The molecule has 2 fully saturated rings. The standard InChI is InChI=1S/C14H18FN3O/c15-13-9-16-5-3-12(13)14(19)17-10-4-7-18-6-1-2-11(18)8-10/h3,5,9-11H,1-2,4,6-8H2,(H,17,19). The number of aromatic nitrogens is 1. The van der Waals surface area contributed by atoms with Crippen LogP contribution in [-0.2, 0) is 0 Å². The molecular weight excluding hydrogens is 245 g/mol. The largest absolute Gasteiger partial charge is 0.349 e. The zero-order valence-electron chi connectivity index (χ0n) is 10.8. The predicted molar refractivity (Wildman–Crippen MR) is 69.3 cm³/mol. The van der Waals surface area contributed by atoms with Crippen LogP contribution in [0.2, 0.25) is 0 Å². The number of nitrogens with zero attached hydrogens (tertiary/aromatic N) is 2. The van der Waals surface area contributed by atoms with Crippen LogP contribution in [0.25, 0.3) is 0 Å². The summed E-state index contributed by atoms with van der Waals surface area (Å²) in [5, 5.41) is 2.96. The summed E-state index contributed by atoms with van der Waals surface area (Å²) in [6.45, 7) is 2.22. The number of nitrogens with one attached hydrogen (secondary N) is 1. The topological polar surface area (TPSA) is 45.2 Å². The summed E-state index contributed by atoms with van der Waals surface area (Å²) in [4.78, 5) is 18.2. The molecule has 3 heterocycles. The van der Waals surface area contributed by atoms with Gasteiger partial charge in [-0.05, 0) is 38.3 Å². The summed E-state index contributed by atoms with van der Waals surface area (Å²) in [6, 6.07) is 2.19. The van der Waals surface area contributed by atoms with E-state index in [1.165, 1.54) is 31.6 Å². The minimum absolute atomic E-state index is 0.0869. The first-order chi connectivity index (χ1) is 9.24. The van der Waals surface area contributed by atoms with Crippen LogP contribution < -0.4 is 5.32 Å². The molecule has 1 aromatic rings.